The van der Waals surface area contributed by atoms with Crippen molar-refractivity contribution in [3.8, 4) is 0 Å². The van der Waals surface area contributed by atoms with E-state index in [1.165, 1.54) is 9.75 Å². The Kier molecular flexibility index (Phi) is 2.67. The Balaban J connectivity index is 2.28. The fraction of sp³-hybridized carbons (Fsp3) is 0.300. The summed E-state index contributed by atoms with van der Waals surface area (Å²) in [5.41, 5.74) is 7.15. The summed E-state index contributed by atoms with van der Waals surface area (Å²) in [4.78, 5) is 6.88. The molecule has 2 N–H and O–H groups in total. The molecule has 0 aliphatic rings. The van der Waals surface area contributed by atoms with Gasteiger partial charge in [-0.1, -0.05) is 0 Å². The van der Waals surface area contributed by atoms with E-state index in [2.05, 4.69) is 24.0 Å². The van der Waals surface area contributed by atoms with Gasteiger partial charge in [-0.2, -0.15) is 0 Å². The van der Waals surface area contributed by atoms with Crippen molar-refractivity contribution in [1.29, 1.82) is 0 Å². The molecule has 0 aliphatic heterocycles. The Morgan fingerprint density at radius 1 is 1.36 bits per heavy atom. The highest BCUT2D eigenvalue weighted by molar-refractivity contribution is 7.12. The lowest BCUT2D eigenvalue weighted by molar-refractivity contribution is 0.872. The normalized spacial score (nSPS) is 13.1. The first-order valence-electron chi connectivity index (χ1n) is 4.41. The fourth-order valence-corrected chi connectivity index (χ4v) is 3.03. The predicted octanol–water partition coefficient (Wildman–Crippen LogP) is 2.87. The van der Waals surface area contributed by atoms with E-state index in [-0.39, 0.29) is 6.04 Å². The van der Waals surface area contributed by atoms with Crippen LogP contribution in [-0.2, 0) is 0 Å². The highest BCUT2D eigenvalue weighted by Crippen LogP contribution is 2.27. The van der Waals surface area contributed by atoms with Crippen molar-refractivity contribution < 1.29 is 0 Å². The number of nitrogens with zero attached hydrogens (tertiary/aromatic N) is 1. The quantitative estimate of drug-likeness (QED) is 0.852. The number of thiazole rings is 1. The van der Waals surface area contributed by atoms with Gasteiger partial charge in [-0.3, -0.25) is 0 Å². The van der Waals surface area contributed by atoms with Gasteiger partial charge in [0.2, 0.25) is 0 Å². The average Bonchev–Trinajstić information content (AvgIpc) is 2.73. The molecule has 1 atom stereocenters. The van der Waals surface area contributed by atoms with Gasteiger partial charge in [0.25, 0.3) is 0 Å². The molecule has 4 heteroatoms. The van der Waals surface area contributed by atoms with Crippen LogP contribution in [-0.4, -0.2) is 4.98 Å². The van der Waals surface area contributed by atoms with Crippen molar-refractivity contribution in [1.82, 2.24) is 4.98 Å². The molecule has 0 bridgehead atoms. The number of hydrogen-bond donors (Lipinski definition) is 1. The predicted molar refractivity (Wildman–Crippen MR) is 61.9 cm³/mol. The van der Waals surface area contributed by atoms with Crippen LogP contribution in [0, 0.1) is 13.8 Å². The van der Waals surface area contributed by atoms with Crippen LogP contribution in [0.1, 0.15) is 26.5 Å². The molecule has 0 fully saturated rings. The Hall–Kier alpha value is -0.710. The molecule has 1 unspecified atom stereocenters. The number of nitrogens with two attached hydrogens (primary N) is 1. The molecule has 2 nitrogen and oxygen atoms in total. The molecule has 0 saturated carbocycles. The molecule has 0 radical (unpaired) electrons. The van der Waals surface area contributed by atoms with Crippen LogP contribution in [0.15, 0.2) is 17.5 Å². The van der Waals surface area contributed by atoms with E-state index in [1.54, 1.807) is 22.7 Å². The highest BCUT2D eigenvalue weighted by Gasteiger charge is 2.13. The molecule has 0 amide bonds. The molecule has 74 valence electrons. The Morgan fingerprint density at radius 3 is 2.64 bits per heavy atom. The van der Waals surface area contributed by atoms with E-state index in [0.29, 0.717) is 0 Å². The molecule has 0 saturated heterocycles. The van der Waals surface area contributed by atoms with Gasteiger partial charge in [-0.15, -0.1) is 22.7 Å². The van der Waals surface area contributed by atoms with E-state index in [0.717, 1.165) is 10.7 Å². The van der Waals surface area contributed by atoms with Crippen LogP contribution in [0.2, 0.25) is 0 Å². The van der Waals surface area contributed by atoms with Gasteiger partial charge in [0.15, 0.2) is 0 Å². The van der Waals surface area contributed by atoms with Gasteiger partial charge in [0, 0.05) is 20.8 Å². The summed E-state index contributed by atoms with van der Waals surface area (Å²) in [6.07, 6.45) is 0. The summed E-state index contributed by atoms with van der Waals surface area (Å²) in [5.74, 6) is 0. The van der Waals surface area contributed by atoms with Gasteiger partial charge >= 0.3 is 0 Å². The monoisotopic (exact) mass is 224 g/mol. The first-order valence-corrected chi connectivity index (χ1v) is 6.10. The largest absolute Gasteiger partial charge is 0.318 e. The smallest absolute Gasteiger partial charge is 0.115 e. The van der Waals surface area contributed by atoms with Gasteiger partial charge in [-0.05, 0) is 26.0 Å². The van der Waals surface area contributed by atoms with Crippen LogP contribution in [0.5, 0.6) is 0 Å². The number of aryl methyl sites for hydroxylation is 2. The standard InChI is InChI=1S/C10H12N2S2/c1-6-5-13-10(12-6)9(11)8-4-3-7(2)14-8/h3-5,9H,11H2,1-2H3. The third-order valence-electron chi connectivity index (χ3n) is 1.97. The molecule has 14 heavy (non-hydrogen) atoms. The Labute approximate surface area is 91.4 Å². The second-order valence-corrected chi connectivity index (χ2v) is 5.46. The Morgan fingerprint density at radius 2 is 2.14 bits per heavy atom. The summed E-state index contributed by atoms with van der Waals surface area (Å²) >= 11 is 3.37. The third kappa shape index (κ3) is 1.87. The summed E-state index contributed by atoms with van der Waals surface area (Å²) in [6.45, 7) is 4.08. The second kappa shape index (κ2) is 3.81. The van der Waals surface area contributed by atoms with Gasteiger partial charge in [0.1, 0.15) is 5.01 Å². The summed E-state index contributed by atoms with van der Waals surface area (Å²) in [6, 6.07) is 4.13. The van der Waals surface area contributed by atoms with Gasteiger partial charge in [0.05, 0.1) is 6.04 Å². The van der Waals surface area contributed by atoms with E-state index < -0.39 is 0 Å². The van der Waals surface area contributed by atoms with Gasteiger partial charge < -0.3 is 5.73 Å². The fourth-order valence-electron chi connectivity index (χ4n) is 1.26. The molecule has 0 spiro atoms. The molecule has 0 aliphatic carbocycles. The van der Waals surface area contributed by atoms with E-state index in [9.17, 15) is 0 Å². The zero-order chi connectivity index (χ0) is 10.1. The lowest BCUT2D eigenvalue weighted by Crippen LogP contribution is -2.09. The number of hydrogen-bond acceptors (Lipinski definition) is 4. The second-order valence-electron chi connectivity index (χ2n) is 3.25. The summed E-state index contributed by atoms with van der Waals surface area (Å²) < 4.78 is 0. The van der Waals surface area contributed by atoms with Crippen LogP contribution in [0.25, 0.3) is 0 Å². The van der Waals surface area contributed by atoms with Crippen molar-refractivity contribution in [3.63, 3.8) is 0 Å². The van der Waals surface area contributed by atoms with Crippen molar-refractivity contribution in [3.05, 3.63) is 38.0 Å². The lowest BCUT2D eigenvalue weighted by Gasteiger charge is -2.04. The number of rotatable bonds is 2. The minimum Gasteiger partial charge on any atom is -0.318 e. The summed E-state index contributed by atoms with van der Waals surface area (Å²) in [7, 11) is 0. The first-order chi connectivity index (χ1) is 6.66. The maximum absolute atomic E-state index is 6.10. The minimum absolute atomic E-state index is 0.0487. The third-order valence-corrected chi connectivity index (χ3v) is 4.10. The Bertz CT molecular complexity index is 391. The minimum atomic E-state index is -0.0487. The topological polar surface area (TPSA) is 38.9 Å². The lowest BCUT2D eigenvalue weighted by atomic mass is 10.2. The zero-order valence-electron chi connectivity index (χ0n) is 8.15. The van der Waals surface area contributed by atoms with E-state index in [1.807, 2.05) is 12.3 Å². The average molecular weight is 224 g/mol. The molecule has 2 rings (SSSR count). The number of aromatic nitrogens is 1. The van der Waals surface area contributed by atoms with Crippen LogP contribution in [0.4, 0.5) is 0 Å². The molecule has 2 aromatic rings. The molecular weight excluding hydrogens is 212 g/mol. The zero-order valence-corrected chi connectivity index (χ0v) is 9.78. The van der Waals surface area contributed by atoms with Crippen LogP contribution >= 0.6 is 22.7 Å². The maximum Gasteiger partial charge on any atom is 0.115 e. The first kappa shape index (κ1) is 9.83. The molecule has 0 aromatic carbocycles. The molecule has 2 aromatic heterocycles. The van der Waals surface area contributed by atoms with Crippen molar-refractivity contribution in [2.45, 2.75) is 19.9 Å². The van der Waals surface area contributed by atoms with Crippen molar-refractivity contribution in [2.75, 3.05) is 0 Å². The van der Waals surface area contributed by atoms with Crippen LogP contribution in [0.3, 0.4) is 0 Å². The summed E-state index contributed by atoms with van der Waals surface area (Å²) in [5, 5.41) is 3.04. The van der Waals surface area contributed by atoms with Crippen molar-refractivity contribution in [2.24, 2.45) is 5.73 Å². The highest BCUT2D eigenvalue weighted by atomic mass is 32.1. The van der Waals surface area contributed by atoms with Crippen LogP contribution < -0.4 is 5.73 Å². The van der Waals surface area contributed by atoms with E-state index >= 15 is 0 Å². The molecular formula is C10H12N2S2. The molecule has 2 heterocycles. The van der Waals surface area contributed by atoms with Crippen molar-refractivity contribution >= 4 is 22.7 Å². The SMILES string of the molecule is Cc1csc(C(N)c2ccc(C)s2)n1. The van der Waals surface area contributed by atoms with E-state index in [4.69, 9.17) is 5.73 Å². The number of thiophene rings is 1. The van der Waals surface area contributed by atoms with Gasteiger partial charge in [-0.25, -0.2) is 4.98 Å². The maximum atomic E-state index is 6.10.